The molecule has 2 N–H and O–H groups in total. The molecule has 7 nitrogen and oxygen atoms in total. The van der Waals surface area contributed by atoms with E-state index >= 15 is 0 Å². The number of nitrogens with zero attached hydrogens (tertiary/aromatic N) is 3. The normalized spacial score (nSPS) is 21.6. The van der Waals surface area contributed by atoms with Crippen LogP contribution in [0.5, 0.6) is 0 Å². The number of aromatic amines is 1. The average molecular weight is 301 g/mol. The van der Waals surface area contributed by atoms with E-state index in [1.165, 1.54) is 0 Å². The largest absolute Gasteiger partial charge is 0.375 e. The average Bonchev–Trinajstić information content (AvgIpc) is 2.99. The van der Waals surface area contributed by atoms with Crippen molar-refractivity contribution in [2.75, 3.05) is 18.5 Å². The molecule has 22 heavy (non-hydrogen) atoms. The zero-order valence-corrected chi connectivity index (χ0v) is 12.6. The summed E-state index contributed by atoms with van der Waals surface area (Å²) in [4.78, 5) is 18.6. The number of H-pyrrole nitrogens is 1. The number of morpholine rings is 1. The quantitative estimate of drug-likeness (QED) is 0.890. The molecule has 2 atom stereocenters. The van der Waals surface area contributed by atoms with Crippen LogP contribution in [0.3, 0.4) is 0 Å². The van der Waals surface area contributed by atoms with Crippen molar-refractivity contribution >= 4 is 11.7 Å². The summed E-state index contributed by atoms with van der Waals surface area (Å²) in [6.07, 6.45) is 3.32. The highest BCUT2D eigenvalue weighted by Crippen LogP contribution is 2.24. The van der Waals surface area contributed by atoms with Crippen molar-refractivity contribution in [3.05, 3.63) is 30.6 Å². The van der Waals surface area contributed by atoms with Gasteiger partial charge in [-0.1, -0.05) is 6.07 Å². The van der Waals surface area contributed by atoms with Crippen LogP contribution in [0.2, 0.25) is 0 Å². The lowest BCUT2D eigenvalue weighted by Crippen LogP contribution is -2.52. The van der Waals surface area contributed by atoms with E-state index < -0.39 is 0 Å². The maximum atomic E-state index is 12.5. The van der Waals surface area contributed by atoms with Gasteiger partial charge in [0, 0.05) is 12.7 Å². The molecule has 116 valence electrons. The highest BCUT2D eigenvalue weighted by atomic mass is 16.5. The van der Waals surface area contributed by atoms with Crippen LogP contribution in [0.4, 0.5) is 10.5 Å². The number of hydrogen-bond donors (Lipinski definition) is 2. The minimum atomic E-state index is -0.152. The number of rotatable bonds is 2. The van der Waals surface area contributed by atoms with Crippen LogP contribution in [0.25, 0.3) is 11.4 Å². The number of carbonyl (C=O) groups excluding carboxylic acids is 1. The maximum absolute atomic E-state index is 12.5. The Balaban J connectivity index is 1.77. The molecule has 0 radical (unpaired) electrons. The van der Waals surface area contributed by atoms with Crippen LogP contribution in [-0.2, 0) is 4.74 Å². The standard InChI is InChI=1S/C15H19N5O2/c1-10-11(2)22-8-7-20(10)15(21)18-13-9-17-19-14(13)12-5-3-4-6-16-12/h3-6,9-11H,7-8H2,1-2H3,(H,17,19)(H,18,21). The molecule has 0 bridgehead atoms. The topological polar surface area (TPSA) is 83.1 Å². The van der Waals surface area contributed by atoms with E-state index in [1.807, 2.05) is 32.0 Å². The molecular formula is C15H19N5O2. The second-order valence-corrected chi connectivity index (χ2v) is 5.31. The van der Waals surface area contributed by atoms with E-state index in [-0.39, 0.29) is 18.2 Å². The molecule has 0 saturated carbocycles. The molecule has 0 aliphatic carbocycles. The Morgan fingerprint density at radius 1 is 1.45 bits per heavy atom. The first-order chi connectivity index (χ1) is 10.7. The van der Waals surface area contributed by atoms with Gasteiger partial charge in [0.2, 0.25) is 0 Å². The van der Waals surface area contributed by atoms with Crippen molar-refractivity contribution in [3.8, 4) is 11.4 Å². The molecule has 0 spiro atoms. The number of nitrogens with one attached hydrogen (secondary N) is 2. The van der Waals surface area contributed by atoms with Crippen LogP contribution in [0.1, 0.15) is 13.8 Å². The van der Waals surface area contributed by atoms with E-state index in [4.69, 9.17) is 4.74 Å². The Bertz CT molecular complexity index is 642. The molecular weight excluding hydrogens is 282 g/mol. The van der Waals surface area contributed by atoms with Crippen LogP contribution < -0.4 is 5.32 Å². The van der Waals surface area contributed by atoms with Gasteiger partial charge in [0.25, 0.3) is 0 Å². The maximum Gasteiger partial charge on any atom is 0.322 e. The molecule has 2 amide bonds. The monoisotopic (exact) mass is 301 g/mol. The fourth-order valence-electron chi connectivity index (χ4n) is 2.49. The van der Waals surface area contributed by atoms with E-state index in [9.17, 15) is 4.79 Å². The molecule has 3 heterocycles. The second-order valence-electron chi connectivity index (χ2n) is 5.31. The van der Waals surface area contributed by atoms with E-state index in [2.05, 4.69) is 20.5 Å². The molecule has 3 rings (SSSR count). The first-order valence-electron chi connectivity index (χ1n) is 7.31. The Hall–Kier alpha value is -2.41. The Kier molecular flexibility index (Phi) is 4.06. The molecule has 1 aliphatic rings. The highest BCUT2D eigenvalue weighted by molar-refractivity contribution is 5.93. The zero-order valence-electron chi connectivity index (χ0n) is 12.6. The predicted octanol–water partition coefficient (Wildman–Crippen LogP) is 2.11. The predicted molar refractivity (Wildman–Crippen MR) is 82.4 cm³/mol. The van der Waals surface area contributed by atoms with Gasteiger partial charge >= 0.3 is 6.03 Å². The number of anilines is 1. The number of urea groups is 1. The summed E-state index contributed by atoms with van der Waals surface area (Å²) in [5.41, 5.74) is 2.05. The van der Waals surface area contributed by atoms with E-state index in [1.54, 1.807) is 17.3 Å². The van der Waals surface area contributed by atoms with Crippen molar-refractivity contribution in [1.82, 2.24) is 20.1 Å². The summed E-state index contributed by atoms with van der Waals surface area (Å²) in [5, 5.41) is 9.80. The second kappa shape index (κ2) is 6.15. The van der Waals surface area contributed by atoms with Crippen molar-refractivity contribution in [3.63, 3.8) is 0 Å². The third-order valence-corrected chi connectivity index (χ3v) is 3.95. The lowest BCUT2D eigenvalue weighted by atomic mass is 10.1. The number of pyridine rings is 1. The van der Waals surface area contributed by atoms with Gasteiger partial charge in [0.1, 0.15) is 5.69 Å². The number of amides is 2. The van der Waals surface area contributed by atoms with Gasteiger partial charge in [-0.15, -0.1) is 0 Å². The molecule has 0 aromatic carbocycles. The summed E-state index contributed by atoms with van der Waals surface area (Å²) in [5.74, 6) is 0. The van der Waals surface area contributed by atoms with Gasteiger partial charge in [-0.2, -0.15) is 5.10 Å². The van der Waals surface area contributed by atoms with Crippen LogP contribution in [-0.4, -0.2) is 51.4 Å². The van der Waals surface area contributed by atoms with Crippen molar-refractivity contribution in [1.29, 1.82) is 0 Å². The molecule has 7 heteroatoms. The van der Waals surface area contributed by atoms with Crippen LogP contribution in [0.15, 0.2) is 30.6 Å². The van der Waals surface area contributed by atoms with E-state index in [0.717, 1.165) is 5.69 Å². The Morgan fingerprint density at radius 3 is 3.09 bits per heavy atom. The smallest absolute Gasteiger partial charge is 0.322 e. The van der Waals surface area contributed by atoms with E-state index in [0.29, 0.717) is 24.5 Å². The third kappa shape index (κ3) is 2.80. The zero-order chi connectivity index (χ0) is 15.5. The molecule has 2 unspecified atom stereocenters. The molecule has 1 aliphatic heterocycles. The molecule has 1 saturated heterocycles. The minimum absolute atomic E-state index is 0.0268. The lowest BCUT2D eigenvalue weighted by molar-refractivity contribution is -0.0355. The van der Waals surface area contributed by atoms with Gasteiger partial charge in [0.15, 0.2) is 0 Å². The number of carbonyl (C=O) groups is 1. The Morgan fingerprint density at radius 2 is 2.32 bits per heavy atom. The summed E-state index contributed by atoms with van der Waals surface area (Å²) >= 11 is 0. The SMILES string of the molecule is CC1OCCN(C(=O)Nc2cn[nH]c2-c2ccccn2)C1C. The van der Waals surface area contributed by atoms with Crippen LogP contribution in [0, 0.1) is 0 Å². The Labute approximate surface area is 128 Å². The van der Waals surface area contributed by atoms with Gasteiger partial charge < -0.3 is 15.0 Å². The minimum Gasteiger partial charge on any atom is -0.375 e. The number of aromatic nitrogens is 3. The van der Waals surface area contributed by atoms with Crippen molar-refractivity contribution in [2.24, 2.45) is 0 Å². The highest BCUT2D eigenvalue weighted by Gasteiger charge is 2.29. The van der Waals surface area contributed by atoms with Crippen molar-refractivity contribution < 1.29 is 9.53 Å². The van der Waals surface area contributed by atoms with Gasteiger partial charge in [-0.05, 0) is 26.0 Å². The van der Waals surface area contributed by atoms with Gasteiger partial charge in [-0.3, -0.25) is 10.1 Å². The molecule has 1 fully saturated rings. The van der Waals surface area contributed by atoms with Crippen molar-refractivity contribution in [2.45, 2.75) is 26.0 Å². The van der Waals surface area contributed by atoms with Gasteiger partial charge in [0.05, 0.1) is 36.3 Å². The first kappa shape index (κ1) is 14.5. The van der Waals surface area contributed by atoms with Crippen LogP contribution >= 0.6 is 0 Å². The summed E-state index contributed by atoms with van der Waals surface area (Å²) in [7, 11) is 0. The summed E-state index contributed by atoms with van der Waals surface area (Å²) in [6.45, 7) is 5.09. The lowest BCUT2D eigenvalue weighted by Gasteiger charge is -2.37. The molecule has 2 aromatic heterocycles. The van der Waals surface area contributed by atoms with Gasteiger partial charge in [-0.25, -0.2) is 4.79 Å². The first-order valence-corrected chi connectivity index (χ1v) is 7.31. The fraction of sp³-hybridized carbons (Fsp3) is 0.400. The molecule has 2 aromatic rings. The number of ether oxygens (including phenoxy) is 1. The third-order valence-electron chi connectivity index (χ3n) is 3.95. The number of hydrogen-bond acceptors (Lipinski definition) is 4. The fourth-order valence-corrected chi connectivity index (χ4v) is 2.49. The summed E-state index contributed by atoms with van der Waals surface area (Å²) < 4.78 is 5.55. The summed E-state index contributed by atoms with van der Waals surface area (Å²) in [6, 6.07) is 5.47.